The van der Waals surface area contributed by atoms with Gasteiger partial charge in [0.1, 0.15) is 0 Å². The summed E-state index contributed by atoms with van der Waals surface area (Å²) in [6, 6.07) is 7.04. The van der Waals surface area contributed by atoms with Crippen LogP contribution in [-0.4, -0.2) is 28.8 Å². The van der Waals surface area contributed by atoms with Crippen molar-refractivity contribution in [3.63, 3.8) is 0 Å². The fraction of sp³-hybridized carbons (Fsp3) is 0.562. The van der Waals surface area contributed by atoms with Crippen LogP contribution in [0.4, 0.5) is 0 Å². The zero-order valence-electron chi connectivity index (χ0n) is 12.5. The van der Waals surface area contributed by atoms with Gasteiger partial charge in [-0.2, -0.15) is 0 Å². The lowest BCUT2D eigenvalue weighted by Gasteiger charge is -2.39. The van der Waals surface area contributed by atoms with E-state index in [1.54, 1.807) is 12.1 Å². The molecule has 0 aliphatic rings. The molecule has 1 aromatic carbocycles. The summed E-state index contributed by atoms with van der Waals surface area (Å²) in [5.74, 6) is 0.130. The summed E-state index contributed by atoms with van der Waals surface area (Å²) in [5, 5.41) is 0.607. The number of Topliss-reactive ketones (excluding diaryl/α,β-unsaturated/α-hetero) is 1. The van der Waals surface area contributed by atoms with Crippen molar-refractivity contribution in [3.05, 3.63) is 34.9 Å². The number of hydrogen-bond acceptors (Lipinski definition) is 2. The predicted octanol–water partition coefficient (Wildman–Crippen LogP) is 4.42. The van der Waals surface area contributed by atoms with Gasteiger partial charge >= 0.3 is 0 Å². The predicted molar refractivity (Wildman–Crippen MR) is 82.0 cm³/mol. The summed E-state index contributed by atoms with van der Waals surface area (Å²) in [7, 11) is 0. The molecule has 0 aliphatic heterocycles. The van der Waals surface area contributed by atoms with Crippen molar-refractivity contribution in [3.8, 4) is 0 Å². The second-order valence-corrected chi connectivity index (χ2v) is 6.35. The lowest BCUT2D eigenvalue weighted by atomic mass is 9.97. The number of ketones is 1. The molecule has 0 amide bonds. The molecule has 0 aromatic heterocycles. The standard InChI is InChI=1S/C16H24ClNO/c1-6-10-18(16(3,4)5)12(2)15(19)13-8-7-9-14(17)11-13/h7-9,11-12H,6,10H2,1-5H3. The highest BCUT2D eigenvalue weighted by atomic mass is 35.5. The summed E-state index contributed by atoms with van der Waals surface area (Å²) in [5.41, 5.74) is 0.661. The smallest absolute Gasteiger partial charge is 0.179 e. The fourth-order valence-corrected chi connectivity index (χ4v) is 2.57. The first kappa shape index (κ1) is 16.2. The Bertz CT molecular complexity index is 437. The molecule has 1 unspecified atom stereocenters. The summed E-state index contributed by atoms with van der Waals surface area (Å²) in [6.07, 6.45) is 1.03. The third-order valence-electron chi connectivity index (χ3n) is 3.28. The minimum atomic E-state index is -0.140. The Labute approximate surface area is 121 Å². The fourth-order valence-electron chi connectivity index (χ4n) is 2.38. The molecule has 0 saturated heterocycles. The van der Waals surface area contributed by atoms with Gasteiger partial charge in [-0.25, -0.2) is 0 Å². The van der Waals surface area contributed by atoms with Crippen LogP contribution in [0.25, 0.3) is 0 Å². The lowest BCUT2D eigenvalue weighted by molar-refractivity contribution is 0.0618. The number of carbonyl (C=O) groups is 1. The highest BCUT2D eigenvalue weighted by Gasteiger charge is 2.30. The Morgan fingerprint density at radius 2 is 2.00 bits per heavy atom. The van der Waals surface area contributed by atoms with Crippen LogP contribution < -0.4 is 0 Å². The molecule has 0 saturated carbocycles. The van der Waals surface area contributed by atoms with Crippen molar-refractivity contribution in [2.24, 2.45) is 0 Å². The molecule has 0 heterocycles. The summed E-state index contributed by atoms with van der Waals surface area (Å²) < 4.78 is 0. The molecule has 0 aliphatic carbocycles. The topological polar surface area (TPSA) is 20.3 Å². The number of nitrogens with zero attached hydrogens (tertiary/aromatic N) is 1. The van der Waals surface area contributed by atoms with Crippen molar-refractivity contribution in [1.82, 2.24) is 4.90 Å². The van der Waals surface area contributed by atoms with E-state index in [9.17, 15) is 4.79 Å². The Morgan fingerprint density at radius 1 is 1.37 bits per heavy atom. The lowest BCUT2D eigenvalue weighted by Crippen LogP contribution is -2.50. The number of hydrogen-bond donors (Lipinski definition) is 0. The quantitative estimate of drug-likeness (QED) is 0.745. The Kier molecular flexibility index (Phi) is 5.57. The average molecular weight is 282 g/mol. The van der Waals surface area contributed by atoms with Crippen molar-refractivity contribution in [2.45, 2.75) is 52.6 Å². The van der Waals surface area contributed by atoms with Gasteiger partial charge in [-0.1, -0.05) is 30.7 Å². The molecule has 2 nitrogen and oxygen atoms in total. The Morgan fingerprint density at radius 3 is 2.47 bits per heavy atom. The van der Waals surface area contributed by atoms with Gasteiger partial charge in [0.25, 0.3) is 0 Å². The van der Waals surface area contributed by atoms with E-state index in [1.165, 1.54) is 0 Å². The van der Waals surface area contributed by atoms with Gasteiger partial charge in [0.2, 0.25) is 0 Å². The van der Waals surface area contributed by atoms with Gasteiger partial charge in [0.15, 0.2) is 5.78 Å². The highest BCUT2D eigenvalue weighted by molar-refractivity contribution is 6.31. The third kappa shape index (κ3) is 4.32. The van der Waals surface area contributed by atoms with Gasteiger partial charge in [0.05, 0.1) is 6.04 Å². The van der Waals surface area contributed by atoms with E-state index in [0.29, 0.717) is 10.6 Å². The van der Waals surface area contributed by atoms with Gasteiger partial charge < -0.3 is 0 Å². The van der Waals surface area contributed by atoms with Gasteiger partial charge in [-0.3, -0.25) is 9.69 Å². The van der Waals surface area contributed by atoms with E-state index < -0.39 is 0 Å². The largest absolute Gasteiger partial charge is 0.292 e. The molecule has 1 rings (SSSR count). The molecule has 1 aromatic rings. The van der Waals surface area contributed by atoms with E-state index >= 15 is 0 Å². The van der Waals surface area contributed by atoms with Crippen LogP contribution in [0.5, 0.6) is 0 Å². The van der Waals surface area contributed by atoms with E-state index in [2.05, 4.69) is 32.6 Å². The number of halogens is 1. The van der Waals surface area contributed by atoms with Crippen LogP contribution in [-0.2, 0) is 0 Å². The van der Waals surface area contributed by atoms with E-state index in [1.807, 2.05) is 19.1 Å². The Hall–Kier alpha value is -0.860. The zero-order chi connectivity index (χ0) is 14.6. The molecule has 0 spiro atoms. The molecule has 0 N–H and O–H groups in total. The summed E-state index contributed by atoms with van der Waals surface area (Å²) in [4.78, 5) is 14.8. The SMILES string of the molecule is CCCN(C(C)C(=O)c1cccc(Cl)c1)C(C)(C)C. The van der Waals surface area contributed by atoms with E-state index in [-0.39, 0.29) is 17.4 Å². The van der Waals surface area contributed by atoms with Crippen molar-refractivity contribution >= 4 is 17.4 Å². The van der Waals surface area contributed by atoms with Crippen molar-refractivity contribution < 1.29 is 4.79 Å². The Balaban J connectivity index is 2.97. The molecular weight excluding hydrogens is 258 g/mol. The molecule has 0 radical (unpaired) electrons. The molecule has 0 fully saturated rings. The first-order valence-corrected chi connectivity index (χ1v) is 7.21. The van der Waals surface area contributed by atoms with Crippen LogP contribution in [0.1, 0.15) is 51.4 Å². The number of carbonyl (C=O) groups excluding carboxylic acids is 1. The van der Waals surface area contributed by atoms with Crippen LogP contribution >= 0.6 is 11.6 Å². The zero-order valence-corrected chi connectivity index (χ0v) is 13.3. The van der Waals surface area contributed by atoms with Gasteiger partial charge in [-0.05, 0) is 52.8 Å². The maximum Gasteiger partial charge on any atom is 0.179 e. The van der Waals surface area contributed by atoms with Crippen molar-refractivity contribution in [2.75, 3.05) is 6.54 Å². The second-order valence-electron chi connectivity index (χ2n) is 5.91. The number of rotatable bonds is 5. The van der Waals surface area contributed by atoms with Crippen LogP contribution in [0, 0.1) is 0 Å². The first-order chi connectivity index (χ1) is 8.77. The van der Waals surface area contributed by atoms with Gasteiger partial charge in [0, 0.05) is 16.1 Å². The minimum Gasteiger partial charge on any atom is -0.292 e. The van der Waals surface area contributed by atoms with Crippen LogP contribution in [0.3, 0.4) is 0 Å². The normalized spacial score (nSPS) is 13.6. The summed E-state index contributed by atoms with van der Waals surface area (Å²) in [6.45, 7) is 11.5. The van der Waals surface area contributed by atoms with E-state index in [4.69, 9.17) is 11.6 Å². The van der Waals surface area contributed by atoms with Crippen LogP contribution in [0.15, 0.2) is 24.3 Å². The highest BCUT2D eigenvalue weighted by Crippen LogP contribution is 2.21. The van der Waals surface area contributed by atoms with Crippen LogP contribution in [0.2, 0.25) is 5.02 Å². The van der Waals surface area contributed by atoms with E-state index in [0.717, 1.165) is 13.0 Å². The average Bonchev–Trinajstić information content (AvgIpc) is 2.33. The molecule has 19 heavy (non-hydrogen) atoms. The summed E-state index contributed by atoms with van der Waals surface area (Å²) >= 11 is 5.96. The molecule has 3 heteroatoms. The monoisotopic (exact) mass is 281 g/mol. The number of benzene rings is 1. The minimum absolute atomic E-state index is 0.0241. The second kappa shape index (κ2) is 6.53. The van der Waals surface area contributed by atoms with Gasteiger partial charge in [-0.15, -0.1) is 0 Å². The van der Waals surface area contributed by atoms with Crippen molar-refractivity contribution in [1.29, 1.82) is 0 Å². The molecule has 0 bridgehead atoms. The molecule has 1 atom stereocenters. The molecular formula is C16H24ClNO. The first-order valence-electron chi connectivity index (χ1n) is 6.84. The third-order valence-corrected chi connectivity index (χ3v) is 3.52. The molecule has 106 valence electrons. The maximum atomic E-state index is 12.6. The maximum absolute atomic E-state index is 12.6.